The minimum atomic E-state index is -1.61. The van der Waals surface area contributed by atoms with Crippen molar-refractivity contribution in [3.05, 3.63) is 35.2 Å². The van der Waals surface area contributed by atoms with Gasteiger partial charge in [0.2, 0.25) is 11.8 Å². The molecule has 0 saturated carbocycles. The number of hydrogen-bond donors (Lipinski definition) is 2. The molecule has 0 atom stereocenters. The molecule has 1 aliphatic rings. The molecule has 0 bridgehead atoms. The van der Waals surface area contributed by atoms with Gasteiger partial charge < -0.3 is 14.3 Å². The van der Waals surface area contributed by atoms with Crippen molar-refractivity contribution in [3.8, 4) is 0 Å². The molecule has 122 valence electrons. The number of carboxylic acids is 1. The van der Waals surface area contributed by atoms with Crippen molar-refractivity contribution in [2.75, 3.05) is 0 Å². The van der Waals surface area contributed by atoms with Gasteiger partial charge in [-0.1, -0.05) is 12.1 Å². The first-order valence-corrected chi connectivity index (χ1v) is 7.38. The number of barbiturate groups is 1. The number of urea groups is 1. The van der Waals surface area contributed by atoms with Crippen molar-refractivity contribution in [2.24, 2.45) is 5.92 Å². The molecule has 2 aromatic rings. The van der Waals surface area contributed by atoms with Gasteiger partial charge in [0.1, 0.15) is 11.4 Å². The number of carbonyl (C=O) groups is 4. The summed E-state index contributed by atoms with van der Waals surface area (Å²) >= 11 is 0.597. The van der Waals surface area contributed by atoms with E-state index in [2.05, 4.69) is 4.98 Å². The third kappa shape index (κ3) is 3.13. The maximum Gasteiger partial charge on any atom is 0.328 e. The molecule has 0 aliphatic carbocycles. The van der Waals surface area contributed by atoms with Crippen molar-refractivity contribution in [3.63, 3.8) is 0 Å². The fourth-order valence-corrected chi connectivity index (χ4v) is 2.72. The molecule has 1 aromatic heterocycles. The number of imide groups is 2. The zero-order chi connectivity index (χ0) is 17.3. The molecule has 1 aliphatic heterocycles. The second kappa shape index (κ2) is 6.16. The van der Waals surface area contributed by atoms with Gasteiger partial charge in [-0.05, 0) is 30.0 Å². The molecule has 0 unspecified atom stereocenters. The molecule has 1 saturated heterocycles. The van der Waals surface area contributed by atoms with E-state index in [1.165, 1.54) is 0 Å². The number of thioether (sulfide) groups is 1. The standard InChI is InChI=1S/C14H9N3O6S/c18-10-6(11(19)17-13(22)16-10)5-9(12(20)21)24-14-15-7-3-1-2-4-8(7)23-14/h1-6H,(H,20,21)(H2,16,17,18,19,22)/p-1/b9-5-. The predicted octanol–water partition coefficient (Wildman–Crippen LogP) is -0.464. The van der Waals surface area contributed by atoms with E-state index < -0.39 is 34.6 Å². The number of benzene rings is 1. The van der Waals surface area contributed by atoms with E-state index in [9.17, 15) is 24.3 Å². The Morgan fingerprint density at radius 1 is 1.21 bits per heavy atom. The van der Waals surface area contributed by atoms with E-state index in [0.29, 0.717) is 22.9 Å². The third-order valence-corrected chi connectivity index (χ3v) is 3.90. The summed E-state index contributed by atoms with van der Waals surface area (Å²) in [6.45, 7) is 0. The van der Waals surface area contributed by atoms with Crippen LogP contribution in [0.4, 0.5) is 4.79 Å². The molecular weight excluding hydrogens is 338 g/mol. The van der Waals surface area contributed by atoms with E-state index >= 15 is 0 Å². The summed E-state index contributed by atoms with van der Waals surface area (Å²) in [7, 11) is 0. The second-order valence-electron chi connectivity index (χ2n) is 4.65. The van der Waals surface area contributed by atoms with Crippen molar-refractivity contribution >= 4 is 46.7 Å². The third-order valence-electron chi connectivity index (χ3n) is 3.03. The van der Waals surface area contributed by atoms with Gasteiger partial charge in [0.15, 0.2) is 5.58 Å². The Balaban J connectivity index is 1.89. The number of carboxylic acid groups (broad SMARTS) is 1. The number of nitrogens with one attached hydrogen (secondary N) is 2. The Morgan fingerprint density at radius 2 is 1.88 bits per heavy atom. The Kier molecular flexibility index (Phi) is 4.04. The lowest BCUT2D eigenvalue weighted by molar-refractivity contribution is -0.298. The highest BCUT2D eigenvalue weighted by Crippen LogP contribution is 2.29. The van der Waals surface area contributed by atoms with Crippen LogP contribution in [0.1, 0.15) is 0 Å². The molecule has 4 amide bonds. The Morgan fingerprint density at radius 3 is 2.50 bits per heavy atom. The van der Waals surface area contributed by atoms with Crippen molar-refractivity contribution in [2.45, 2.75) is 5.22 Å². The lowest BCUT2D eigenvalue weighted by atomic mass is 10.1. The average molecular weight is 346 g/mol. The van der Waals surface area contributed by atoms with Crippen LogP contribution < -0.4 is 15.7 Å². The monoisotopic (exact) mass is 346 g/mol. The largest absolute Gasteiger partial charge is 0.544 e. The van der Waals surface area contributed by atoms with Crippen LogP contribution in [0.5, 0.6) is 0 Å². The number of para-hydroxylation sites is 2. The number of carbonyl (C=O) groups excluding carboxylic acids is 4. The number of rotatable bonds is 4. The minimum Gasteiger partial charge on any atom is -0.544 e. The molecule has 0 radical (unpaired) electrons. The summed E-state index contributed by atoms with van der Waals surface area (Å²) < 4.78 is 5.37. The highest BCUT2D eigenvalue weighted by atomic mass is 32.2. The van der Waals surface area contributed by atoms with Gasteiger partial charge in [0.25, 0.3) is 5.22 Å². The molecule has 24 heavy (non-hydrogen) atoms. The Hall–Kier alpha value is -3.14. The van der Waals surface area contributed by atoms with Crippen LogP contribution in [0.2, 0.25) is 0 Å². The molecule has 9 nitrogen and oxygen atoms in total. The van der Waals surface area contributed by atoms with Gasteiger partial charge in [-0.25, -0.2) is 9.78 Å². The average Bonchev–Trinajstić information content (AvgIpc) is 2.91. The predicted molar refractivity (Wildman–Crippen MR) is 78.1 cm³/mol. The van der Waals surface area contributed by atoms with Crippen molar-refractivity contribution in [1.29, 1.82) is 0 Å². The highest BCUT2D eigenvalue weighted by Gasteiger charge is 2.33. The van der Waals surface area contributed by atoms with E-state index in [-0.39, 0.29) is 5.22 Å². The summed E-state index contributed by atoms with van der Waals surface area (Å²) in [6, 6.07) is 5.84. The molecular formula is C14H8N3O6S-. The summed E-state index contributed by atoms with van der Waals surface area (Å²) in [4.78, 5) is 49.2. The molecule has 3 rings (SSSR count). The maximum atomic E-state index is 11.7. The first-order chi connectivity index (χ1) is 11.4. The van der Waals surface area contributed by atoms with Crippen LogP contribution in [0.25, 0.3) is 11.1 Å². The zero-order valence-corrected chi connectivity index (χ0v) is 12.6. The quantitative estimate of drug-likeness (QED) is 0.430. The second-order valence-corrected chi connectivity index (χ2v) is 5.65. The van der Waals surface area contributed by atoms with E-state index in [1.54, 1.807) is 24.3 Å². The van der Waals surface area contributed by atoms with E-state index in [0.717, 1.165) is 6.08 Å². The lowest BCUT2D eigenvalue weighted by Crippen LogP contribution is -2.55. The van der Waals surface area contributed by atoms with Crippen molar-refractivity contribution < 1.29 is 28.7 Å². The normalized spacial score (nSPS) is 16.2. The fraction of sp³-hybridized carbons (Fsp3) is 0.0714. The molecule has 2 N–H and O–H groups in total. The number of fused-ring (bicyclic) bond motifs is 1. The topological polar surface area (TPSA) is 141 Å². The zero-order valence-electron chi connectivity index (χ0n) is 11.8. The van der Waals surface area contributed by atoms with Gasteiger partial charge in [-0.2, -0.15) is 0 Å². The maximum absolute atomic E-state index is 11.7. The molecule has 1 aromatic carbocycles. The lowest BCUT2D eigenvalue weighted by Gasteiger charge is -2.19. The molecule has 10 heteroatoms. The van der Waals surface area contributed by atoms with Gasteiger partial charge in [0, 0.05) is 4.91 Å². The van der Waals surface area contributed by atoms with Crippen LogP contribution in [-0.4, -0.2) is 28.8 Å². The summed E-state index contributed by atoms with van der Waals surface area (Å²) in [5, 5.41) is 15.0. The number of aliphatic carboxylic acids is 1. The van der Waals surface area contributed by atoms with Crippen LogP contribution >= 0.6 is 11.8 Å². The van der Waals surface area contributed by atoms with Crippen LogP contribution in [-0.2, 0) is 14.4 Å². The first-order valence-electron chi connectivity index (χ1n) is 6.56. The number of hydrogen-bond acceptors (Lipinski definition) is 8. The van der Waals surface area contributed by atoms with Crippen LogP contribution in [0, 0.1) is 5.92 Å². The van der Waals surface area contributed by atoms with Gasteiger partial charge >= 0.3 is 6.03 Å². The SMILES string of the molecule is O=C1NC(=O)C(/C=C(\Sc2nc3ccccc3o2)C(=O)[O-])C(=O)N1. The number of oxazole rings is 1. The van der Waals surface area contributed by atoms with Gasteiger partial charge in [-0.15, -0.1) is 0 Å². The summed E-state index contributed by atoms with van der Waals surface area (Å²) in [5.74, 6) is -4.95. The summed E-state index contributed by atoms with van der Waals surface area (Å²) in [5.41, 5.74) is 0.980. The van der Waals surface area contributed by atoms with Gasteiger partial charge in [-0.3, -0.25) is 20.2 Å². The van der Waals surface area contributed by atoms with E-state index in [4.69, 9.17) is 4.42 Å². The molecule has 1 fully saturated rings. The van der Waals surface area contributed by atoms with Gasteiger partial charge in [0.05, 0.1) is 5.97 Å². The van der Waals surface area contributed by atoms with Crippen molar-refractivity contribution in [1.82, 2.24) is 15.6 Å². The Labute approximate surface area is 138 Å². The first kappa shape index (κ1) is 15.7. The number of nitrogens with zero attached hydrogens (tertiary/aromatic N) is 1. The smallest absolute Gasteiger partial charge is 0.328 e. The van der Waals surface area contributed by atoms with Crippen LogP contribution in [0.3, 0.4) is 0 Å². The van der Waals surface area contributed by atoms with E-state index in [1.807, 2.05) is 10.6 Å². The number of aromatic nitrogens is 1. The minimum absolute atomic E-state index is 0.0133. The number of amides is 4. The molecule has 2 heterocycles. The fourth-order valence-electron chi connectivity index (χ4n) is 1.96. The highest BCUT2D eigenvalue weighted by molar-refractivity contribution is 8.03. The molecule has 0 spiro atoms. The summed E-state index contributed by atoms with van der Waals surface area (Å²) in [6.07, 6.45) is 0.881. The van der Waals surface area contributed by atoms with Crippen LogP contribution in [0.15, 0.2) is 44.9 Å². The Bertz CT molecular complexity index is 850.